The molecule has 8 heteroatoms. The summed E-state index contributed by atoms with van der Waals surface area (Å²) in [4.78, 5) is 25.5. The number of carbonyl (C=O) groups excluding carboxylic acids is 2. The van der Waals surface area contributed by atoms with Crippen LogP contribution in [0.1, 0.15) is 19.4 Å². The van der Waals surface area contributed by atoms with E-state index in [2.05, 4.69) is 0 Å². The van der Waals surface area contributed by atoms with Gasteiger partial charge in [-0.1, -0.05) is 30.0 Å². The number of thioether (sulfide) groups is 1. The van der Waals surface area contributed by atoms with Crippen LogP contribution in [0.2, 0.25) is 0 Å². The van der Waals surface area contributed by atoms with Crippen LogP contribution in [-0.2, 0) is 14.3 Å². The van der Waals surface area contributed by atoms with Crippen molar-refractivity contribution in [2.45, 2.75) is 13.8 Å². The monoisotopic (exact) mass is 381 g/mol. The van der Waals surface area contributed by atoms with Gasteiger partial charge in [-0.15, -0.1) is 0 Å². The summed E-state index contributed by atoms with van der Waals surface area (Å²) in [6.45, 7) is 4.13. The van der Waals surface area contributed by atoms with Crippen molar-refractivity contribution < 1.29 is 23.8 Å². The molecule has 1 heterocycles. The Morgan fingerprint density at radius 3 is 2.60 bits per heavy atom. The maximum absolute atomic E-state index is 12.1. The van der Waals surface area contributed by atoms with Crippen LogP contribution in [0.4, 0.5) is 0 Å². The van der Waals surface area contributed by atoms with E-state index in [0.29, 0.717) is 33.9 Å². The molecule has 1 amide bonds. The number of amides is 1. The first-order valence-corrected chi connectivity index (χ1v) is 8.95. The van der Waals surface area contributed by atoms with Crippen LogP contribution in [0.25, 0.3) is 6.08 Å². The zero-order chi connectivity index (χ0) is 18.4. The molecule has 1 fully saturated rings. The van der Waals surface area contributed by atoms with Crippen molar-refractivity contribution in [2.75, 3.05) is 26.9 Å². The second-order valence-corrected chi connectivity index (χ2v) is 6.65. The summed E-state index contributed by atoms with van der Waals surface area (Å²) in [5.74, 6) is 0.360. The minimum atomic E-state index is -0.444. The number of hydrogen-bond donors (Lipinski definition) is 0. The molecule has 1 aliphatic heterocycles. The Kier molecular flexibility index (Phi) is 6.83. The molecular weight excluding hydrogens is 362 g/mol. The zero-order valence-corrected chi connectivity index (χ0v) is 15.9. The van der Waals surface area contributed by atoms with Crippen LogP contribution in [0.15, 0.2) is 23.1 Å². The molecule has 0 aromatic heterocycles. The highest BCUT2D eigenvalue weighted by atomic mass is 32.2. The molecule has 1 aromatic carbocycles. The highest BCUT2D eigenvalue weighted by Crippen LogP contribution is 2.34. The summed E-state index contributed by atoms with van der Waals surface area (Å²) in [6, 6.07) is 5.24. The largest absolute Gasteiger partial charge is 0.490 e. The SMILES string of the molecule is CCOC(=O)COc1ccc(/C=C2\SC(=S)N(C)C2=O)cc1OCC. The quantitative estimate of drug-likeness (QED) is 0.409. The molecule has 0 spiro atoms. The van der Waals surface area contributed by atoms with Gasteiger partial charge in [-0.25, -0.2) is 4.79 Å². The van der Waals surface area contributed by atoms with Crippen molar-refractivity contribution in [3.63, 3.8) is 0 Å². The number of ether oxygens (including phenoxy) is 3. The molecule has 0 radical (unpaired) electrons. The Hall–Kier alpha value is -2.06. The molecule has 134 valence electrons. The maximum atomic E-state index is 12.1. The van der Waals surface area contributed by atoms with Crippen molar-refractivity contribution in [1.82, 2.24) is 4.90 Å². The number of likely N-dealkylation sites (N-methyl/N-ethyl adjacent to an activating group) is 1. The lowest BCUT2D eigenvalue weighted by atomic mass is 10.2. The first-order chi connectivity index (χ1) is 12.0. The Balaban J connectivity index is 2.19. The number of thiocarbonyl (C=S) groups is 1. The number of hydrogen-bond acceptors (Lipinski definition) is 7. The van der Waals surface area contributed by atoms with E-state index >= 15 is 0 Å². The third-order valence-corrected chi connectivity index (χ3v) is 4.69. The summed E-state index contributed by atoms with van der Waals surface area (Å²) >= 11 is 6.37. The van der Waals surface area contributed by atoms with Crippen LogP contribution in [0.3, 0.4) is 0 Å². The molecule has 2 rings (SSSR count). The molecular formula is C17H19NO5S2. The number of nitrogens with zero attached hydrogens (tertiary/aromatic N) is 1. The van der Waals surface area contributed by atoms with E-state index in [-0.39, 0.29) is 12.5 Å². The molecule has 0 N–H and O–H groups in total. The summed E-state index contributed by atoms with van der Waals surface area (Å²) in [5.41, 5.74) is 0.779. The number of carbonyl (C=O) groups is 2. The van der Waals surface area contributed by atoms with E-state index in [1.807, 2.05) is 6.92 Å². The predicted molar refractivity (Wildman–Crippen MR) is 101 cm³/mol. The molecule has 0 aliphatic carbocycles. The number of esters is 1. The molecule has 1 aliphatic rings. The van der Waals surface area contributed by atoms with Gasteiger partial charge in [0.1, 0.15) is 4.32 Å². The minimum Gasteiger partial charge on any atom is -0.490 e. The normalized spacial score (nSPS) is 15.6. The van der Waals surface area contributed by atoms with E-state index < -0.39 is 5.97 Å². The average molecular weight is 381 g/mol. The smallest absolute Gasteiger partial charge is 0.344 e. The zero-order valence-electron chi connectivity index (χ0n) is 14.2. The Bertz CT molecular complexity index is 717. The first-order valence-electron chi connectivity index (χ1n) is 7.73. The molecule has 0 atom stereocenters. The molecule has 1 aromatic rings. The van der Waals surface area contributed by atoms with E-state index in [4.69, 9.17) is 26.4 Å². The second-order valence-electron chi connectivity index (χ2n) is 4.97. The van der Waals surface area contributed by atoms with Crippen LogP contribution in [0, 0.1) is 0 Å². The van der Waals surface area contributed by atoms with Crippen LogP contribution < -0.4 is 9.47 Å². The second kappa shape index (κ2) is 8.87. The van der Waals surface area contributed by atoms with Crippen LogP contribution in [-0.4, -0.2) is 48.0 Å². The molecule has 6 nitrogen and oxygen atoms in total. The average Bonchev–Trinajstić information content (AvgIpc) is 2.82. The molecule has 25 heavy (non-hydrogen) atoms. The molecule has 0 bridgehead atoms. The number of rotatable bonds is 7. The summed E-state index contributed by atoms with van der Waals surface area (Å²) in [7, 11) is 1.65. The van der Waals surface area contributed by atoms with Gasteiger partial charge < -0.3 is 14.2 Å². The highest BCUT2D eigenvalue weighted by Gasteiger charge is 2.28. The predicted octanol–water partition coefficient (Wildman–Crippen LogP) is 2.86. The topological polar surface area (TPSA) is 65.1 Å². The van der Waals surface area contributed by atoms with Crippen molar-refractivity contribution >= 4 is 46.3 Å². The van der Waals surface area contributed by atoms with Gasteiger partial charge in [0.15, 0.2) is 18.1 Å². The van der Waals surface area contributed by atoms with Gasteiger partial charge in [0.2, 0.25) is 0 Å². The molecule has 0 saturated carbocycles. The lowest BCUT2D eigenvalue weighted by Gasteiger charge is -2.12. The summed E-state index contributed by atoms with van der Waals surface area (Å²) in [6.07, 6.45) is 1.75. The van der Waals surface area contributed by atoms with Crippen LogP contribution in [0.5, 0.6) is 11.5 Å². The van der Waals surface area contributed by atoms with Gasteiger partial charge in [-0.2, -0.15) is 0 Å². The fourth-order valence-electron chi connectivity index (χ4n) is 2.04. The van der Waals surface area contributed by atoms with Gasteiger partial charge in [0.05, 0.1) is 18.1 Å². The van der Waals surface area contributed by atoms with E-state index in [0.717, 1.165) is 5.56 Å². The van der Waals surface area contributed by atoms with Gasteiger partial charge in [-0.3, -0.25) is 9.69 Å². The van der Waals surface area contributed by atoms with Gasteiger partial charge in [-0.05, 0) is 37.6 Å². The standard InChI is InChI=1S/C17H19NO5S2/c1-4-21-13-8-11(9-14-16(20)18(3)17(24)25-14)6-7-12(13)23-10-15(19)22-5-2/h6-9H,4-5,10H2,1-3H3/b14-9-. The Labute approximate surface area is 156 Å². The summed E-state index contributed by atoms with van der Waals surface area (Å²) < 4.78 is 16.4. The Morgan fingerprint density at radius 1 is 1.24 bits per heavy atom. The fourth-order valence-corrected chi connectivity index (χ4v) is 3.22. The van der Waals surface area contributed by atoms with Gasteiger partial charge >= 0.3 is 5.97 Å². The Morgan fingerprint density at radius 2 is 2.00 bits per heavy atom. The van der Waals surface area contributed by atoms with Crippen molar-refractivity contribution in [3.05, 3.63) is 28.7 Å². The lowest BCUT2D eigenvalue weighted by Crippen LogP contribution is -2.22. The molecule has 1 saturated heterocycles. The van der Waals surface area contributed by atoms with Gasteiger partial charge in [0.25, 0.3) is 5.91 Å². The van der Waals surface area contributed by atoms with E-state index in [1.165, 1.54) is 16.7 Å². The summed E-state index contributed by atoms with van der Waals surface area (Å²) in [5, 5.41) is 0. The van der Waals surface area contributed by atoms with E-state index in [1.54, 1.807) is 38.2 Å². The number of benzene rings is 1. The highest BCUT2D eigenvalue weighted by molar-refractivity contribution is 8.26. The fraction of sp³-hybridized carbons (Fsp3) is 0.353. The van der Waals surface area contributed by atoms with Crippen molar-refractivity contribution in [3.8, 4) is 11.5 Å². The van der Waals surface area contributed by atoms with Crippen molar-refractivity contribution in [1.29, 1.82) is 0 Å². The third-order valence-electron chi connectivity index (χ3n) is 3.20. The van der Waals surface area contributed by atoms with E-state index in [9.17, 15) is 9.59 Å². The minimum absolute atomic E-state index is 0.129. The lowest BCUT2D eigenvalue weighted by molar-refractivity contribution is -0.145. The molecule has 0 unspecified atom stereocenters. The van der Waals surface area contributed by atoms with Gasteiger partial charge in [0, 0.05) is 7.05 Å². The third kappa shape index (κ3) is 4.96. The van der Waals surface area contributed by atoms with Crippen molar-refractivity contribution in [2.24, 2.45) is 0 Å². The first kappa shape index (κ1) is 19.3. The maximum Gasteiger partial charge on any atom is 0.344 e. The van der Waals surface area contributed by atoms with Crippen LogP contribution >= 0.6 is 24.0 Å².